The maximum atomic E-state index is 4.94. The minimum atomic E-state index is 0.287. The molecule has 1 atom stereocenters. The maximum absolute atomic E-state index is 4.94. The SMILES string of the molecule is Brc1ccc2nc(N3CCCC3c3nnc4n3CCCCC4)ccc2c1. The number of aromatic nitrogens is 4. The molecule has 0 N–H and O–H groups in total. The van der Waals surface area contributed by atoms with Crippen molar-refractivity contribution in [2.75, 3.05) is 11.4 Å². The summed E-state index contributed by atoms with van der Waals surface area (Å²) in [5.41, 5.74) is 1.04. The summed E-state index contributed by atoms with van der Waals surface area (Å²) < 4.78 is 3.47. The maximum Gasteiger partial charge on any atom is 0.155 e. The quantitative estimate of drug-likeness (QED) is 0.615. The topological polar surface area (TPSA) is 46.8 Å². The van der Waals surface area contributed by atoms with Gasteiger partial charge in [-0.15, -0.1) is 10.2 Å². The third-order valence-electron chi connectivity index (χ3n) is 5.62. The highest BCUT2D eigenvalue weighted by Gasteiger charge is 2.32. The fraction of sp³-hybridized carbons (Fsp3) is 0.450. The van der Waals surface area contributed by atoms with Crippen LogP contribution in [0.2, 0.25) is 0 Å². The molecule has 134 valence electrons. The lowest BCUT2D eigenvalue weighted by atomic mass is 10.2. The van der Waals surface area contributed by atoms with E-state index in [1.807, 2.05) is 0 Å². The molecule has 1 aromatic carbocycles. The molecule has 0 bridgehead atoms. The second kappa shape index (κ2) is 6.65. The molecule has 1 fully saturated rings. The van der Waals surface area contributed by atoms with E-state index >= 15 is 0 Å². The van der Waals surface area contributed by atoms with E-state index < -0.39 is 0 Å². The number of halogens is 1. The van der Waals surface area contributed by atoms with Gasteiger partial charge in [-0.25, -0.2) is 4.98 Å². The number of fused-ring (bicyclic) bond motifs is 2. The minimum absolute atomic E-state index is 0.287. The van der Waals surface area contributed by atoms with Crippen molar-refractivity contribution in [1.82, 2.24) is 19.7 Å². The molecule has 3 aromatic rings. The molecule has 26 heavy (non-hydrogen) atoms. The van der Waals surface area contributed by atoms with Gasteiger partial charge >= 0.3 is 0 Å². The largest absolute Gasteiger partial charge is 0.346 e. The van der Waals surface area contributed by atoms with Gasteiger partial charge in [-0.05, 0) is 56.0 Å². The van der Waals surface area contributed by atoms with Gasteiger partial charge in [-0.1, -0.05) is 22.4 Å². The van der Waals surface area contributed by atoms with E-state index in [9.17, 15) is 0 Å². The third-order valence-corrected chi connectivity index (χ3v) is 6.11. The molecular formula is C20H22BrN5. The molecular weight excluding hydrogens is 390 g/mol. The van der Waals surface area contributed by atoms with Crippen molar-refractivity contribution in [1.29, 1.82) is 0 Å². The Morgan fingerprint density at radius 1 is 0.962 bits per heavy atom. The van der Waals surface area contributed by atoms with Gasteiger partial charge in [0.05, 0.1) is 11.6 Å². The first-order chi connectivity index (χ1) is 12.8. The molecule has 0 amide bonds. The Hall–Kier alpha value is -1.95. The molecule has 1 saturated heterocycles. The molecule has 5 rings (SSSR count). The smallest absolute Gasteiger partial charge is 0.155 e. The first-order valence-electron chi connectivity index (χ1n) is 9.54. The summed E-state index contributed by atoms with van der Waals surface area (Å²) in [5.74, 6) is 3.35. The van der Waals surface area contributed by atoms with E-state index in [2.05, 4.69) is 65.9 Å². The summed E-state index contributed by atoms with van der Waals surface area (Å²) >= 11 is 3.54. The Labute approximate surface area is 161 Å². The Kier molecular flexibility index (Phi) is 4.15. The van der Waals surface area contributed by atoms with Crippen LogP contribution in [0, 0.1) is 0 Å². The molecule has 0 spiro atoms. The second-order valence-corrected chi connectivity index (χ2v) is 8.21. The molecule has 4 heterocycles. The highest BCUT2D eigenvalue weighted by atomic mass is 79.9. The molecule has 2 aliphatic rings. The number of anilines is 1. The average Bonchev–Trinajstić information content (AvgIpc) is 3.22. The van der Waals surface area contributed by atoms with Crippen molar-refractivity contribution in [3.8, 4) is 0 Å². The highest BCUT2D eigenvalue weighted by molar-refractivity contribution is 9.10. The van der Waals surface area contributed by atoms with E-state index in [1.54, 1.807) is 0 Å². The van der Waals surface area contributed by atoms with E-state index in [-0.39, 0.29) is 6.04 Å². The number of nitrogens with zero attached hydrogens (tertiary/aromatic N) is 5. The van der Waals surface area contributed by atoms with Gasteiger partial charge in [-0.3, -0.25) is 0 Å². The van der Waals surface area contributed by atoms with Crippen LogP contribution >= 0.6 is 15.9 Å². The molecule has 0 radical (unpaired) electrons. The van der Waals surface area contributed by atoms with Gasteiger partial charge in [0.2, 0.25) is 0 Å². The van der Waals surface area contributed by atoms with Crippen LogP contribution in [0.5, 0.6) is 0 Å². The van der Waals surface area contributed by atoms with Crippen LogP contribution in [0.4, 0.5) is 5.82 Å². The molecule has 2 aliphatic heterocycles. The number of benzene rings is 1. The highest BCUT2D eigenvalue weighted by Crippen LogP contribution is 2.36. The number of rotatable bonds is 2. The van der Waals surface area contributed by atoms with E-state index in [1.165, 1.54) is 31.5 Å². The van der Waals surface area contributed by atoms with E-state index in [0.717, 1.165) is 52.9 Å². The predicted octanol–water partition coefficient (Wildman–Crippen LogP) is 4.66. The monoisotopic (exact) mass is 411 g/mol. The van der Waals surface area contributed by atoms with Crippen molar-refractivity contribution in [2.24, 2.45) is 0 Å². The summed E-state index contributed by atoms with van der Waals surface area (Å²) in [7, 11) is 0. The molecule has 6 heteroatoms. The van der Waals surface area contributed by atoms with Gasteiger partial charge in [0.1, 0.15) is 11.6 Å². The fourth-order valence-corrected chi connectivity index (χ4v) is 4.69. The summed E-state index contributed by atoms with van der Waals surface area (Å²) in [6.45, 7) is 2.09. The van der Waals surface area contributed by atoms with Crippen LogP contribution in [0.1, 0.15) is 49.8 Å². The number of hydrogen-bond acceptors (Lipinski definition) is 4. The van der Waals surface area contributed by atoms with Crippen molar-refractivity contribution < 1.29 is 0 Å². The van der Waals surface area contributed by atoms with Crippen LogP contribution in [0.15, 0.2) is 34.8 Å². The van der Waals surface area contributed by atoms with Gasteiger partial charge in [0, 0.05) is 29.4 Å². The number of aryl methyl sites for hydroxylation is 1. The summed E-state index contributed by atoms with van der Waals surface area (Å²) in [6.07, 6.45) is 7.11. The van der Waals surface area contributed by atoms with Crippen molar-refractivity contribution >= 4 is 32.7 Å². The molecule has 1 unspecified atom stereocenters. The lowest BCUT2D eigenvalue weighted by Crippen LogP contribution is -2.26. The zero-order valence-corrected chi connectivity index (χ0v) is 16.3. The second-order valence-electron chi connectivity index (χ2n) is 7.29. The first-order valence-corrected chi connectivity index (χ1v) is 10.3. The molecule has 5 nitrogen and oxygen atoms in total. The zero-order chi connectivity index (χ0) is 17.5. The van der Waals surface area contributed by atoms with Gasteiger partial charge in [-0.2, -0.15) is 0 Å². The molecule has 2 aromatic heterocycles. The summed E-state index contributed by atoms with van der Waals surface area (Å²) in [5, 5.41) is 10.3. The summed E-state index contributed by atoms with van der Waals surface area (Å²) in [4.78, 5) is 7.36. The lowest BCUT2D eigenvalue weighted by Gasteiger charge is -2.26. The Bertz CT molecular complexity index is 951. The van der Waals surface area contributed by atoms with Crippen LogP contribution in [-0.2, 0) is 13.0 Å². The van der Waals surface area contributed by atoms with Crippen LogP contribution < -0.4 is 4.90 Å². The van der Waals surface area contributed by atoms with Gasteiger partial charge in [0.15, 0.2) is 5.82 Å². The van der Waals surface area contributed by atoms with Crippen molar-refractivity contribution in [3.63, 3.8) is 0 Å². The number of hydrogen-bond donors (Lipinski definition) is 0. The Morgan fingerprint density at radius 3 is 2.88 bits per heavy atom. The van der Waals surface area contributed by atoms with Gasteiger partial charge < -0.3 is 9.47 Å². The van der Waals surface area contributed by atoms with Crippen LogP contribution in [0.3, 0.4) is 0 Å². The average molecular weight is 412 g/mol. The van der Waals surface area contributed by atoms with E-state index in [0.29, 0.717) is 0 Å². The van der Waals surface area contributed by atoms with Crippen LogP contribution in [-0.4, -0.2) is 26.3 Å². The zero-order valence-electron chi connectivity index (χ0n) is 14.7. The number of pyridine rings is 1. The standard InChI is InChI=1S/C20H22BrN5/c21-15-8-9-16-14(13-15)7-10-18(22-16)25-12-4-5-17(25)20-24-23-19-6-2-1-3-11-26(19)20/h7-10,13,17H,1-6,11-12H2. The normalized spacial score (nSPS) is 20.3. The summed E-state index contributed by atoms with van der Waals surface area (Å²) in [6, 6.07) is 10.9. The Balaban J connectivity index is 1.51. The molecule has 0 saturated carbocycles. The lowest BCUT2D eigenvalue weighted by molar-refractivity contribution is 0.558. The minimum Gasteiger partial charge on any atom is -0.346 e. The Morgan fingerprint density at radius 2 is 1.92 bits per heavy atom. The van der Waals surface area contributed by atoms with Crippen molar-refractivity contribution in [2.45, 2.75) is 51.1 Å². The first kappa shape index (κ1) is 16.2. The van der Waals surface area contributed by atoms with E-state index in [4.69, 9.17) is 4.98 Å². The fourth-order valence-electron chi connectivity index (χ4n) is 4.31. The van der Waals surface area contributed by atoms with Crippen LogP contribution in [0.25, 0.3) is 10.9 Å². The van der Waals surface area contributed by atoms with Crippen molar-refractivity contribution in [3.05, 3.63) is 46.5 Å². The van der Waals surface area contributed by atoms with Gasteiger partial charge in [0.25, 0.3) is 0 Å². The predicted molar refractivity (Wildman–Crippen MR) is 106 cm³/mol. The molecule has 0 aliphatic carbocycles. The third kappa shape index (κ3) is 2.80.